The Kier molecular flexibility index (Phi) is 4.80. The topological polar surface area (TPSA) is 46.9 Å². The molecule has 27 heavy (non-hydrogen) atoms. The molecule has 138 valence electrons. The smallest absolute Gasteiger partial charge is 0.220 e. The maximum atomic E-state index is 12.1. The molecule has 0 saturated heterocycles. The molecule has 1 amide bonds. The first-order valence-electron chi connectivity index (χ1n) is 9.70. The summed E-state index contributed by atoms with van der Waals surface area (Å²) in [5.74, 6) is 1.16. The van der Waals surface area contributed by atoms with Crippen molar-refractivity contribution in [2.45, 2.75) is 46.1 Å². The Balaban J connectivity index is 1.81. The molecule has 4 rings (SSSR count). The van der Waals surface area contributed by atoms with Crippen molar-refractivity contribution in [3.05, 3.63) is 71.2 Å². The van der Waals surface area contributed by atoms with Gasteiger partial charge in [0, 0.05) is 18.4 Å². The summed E-state index contributed by atoms with van der Waals surface area (Å²) >= 11 is 0. The number of nitrogens with zero attached hydrogens (tertiary/aromatic N) is 2. The molecule has 1 aromatic heterocycles. The molecular weight excluding hydrogens is 334 g/mol. The minimum Gasteiger partial charge on any atom is -0.350 e. The molecule has 1 aliphatic heterocycles. The zero-order chi connectivity index (χ0) is 18.8. The van der Waals surface area contributed by atoms with Crippen molar-refractivity contribution in [1.82, 2.24) is 14.9 Å². The van der Waals surface area contributed by atoms with Crippen LogP contribution in [0.1, 0.15) is 42.4 Å². The maximum Gasteiger partial charge on any atom is 0.220 e. The van der Waals surface area contributed by atoms with E-state index in [1.165, 1.54) is 16.8 Å². The van der Waals surface area contributed by atoms with Crippen LogP contribution in [0.25, 0.3) is 16.9 Å². The highest BCUT2D eigenvalue weighted by atomic mass is 16.1. The molecule has 3 aromatic rings. The van der Waals surface area contributed by atoms with Crippen molar-refractivity contribution in [3.8, 4) is 16.9 Å². The van der Waals surface area contributed by atoms with Crippen molar-refractivity contribution in [2.75, 3.05) is 0 Å². The zero-order valence-corrected chi connectivity index (χ0v) is 16.0. The monoisotopic (exact) mass is 359 g/mol. The number of aromatic nitrogens is 2. The normalized spacial score (nSPS) is 12.4. The largest absolute Gasteiger partial charge is 0.350 e. The van der Waals surface area contributed by atoms with E-state index in [4.69, 9.17) is 4.98 Å². The third-order valence-electron chi connectivity index (χ3n) is 5.15. The molecule has 4 heteroatoms. The maximum absolute atomic E-state index is 12.1. The van der Waals surface area contributed by atoms with Gasteiger partial charge in [-0.3, -0.25) is 9.36 Å². The lowest BCUT2D eigenvalue weighted by atomic mass is 10.0. The Morgan fingerprint density at radius 3 is 2.67 bits per heavy atom. The number of benzene rings is 2. The van der Waals surface area contributed by atoms with Crippen LogP contribution in [0.15, 0.2) is 48.5 Å². The number of para-hydroxylation sites is 1. The van der Waals surface area contributed by atoms with Crippen LogP contribution in [0.5, 0.6) is 0 Å². The fourth-order valence-corrected chi connectivity index (χ4v) is 3.75. The van der Waals surface area contributed by atoms with Gasteiger partial charge in [0.1, 0.15) is 5.82 Å². The number of amides is 1. The van der Waals surface area contributed by atoms with Gasteiger partial charge in [0.2, 0.25) is 5.91 Å². The predicted octanol–water partition coefficient (Wildman–Crippen LogP) is 4.36. The highest BCUT2D eigenvalue weighted by Crippen LogP contribution is 2.32. The number of nitrogens with one attached hydrogen (secondary N) is 1. The molecule has 4 nitrogen and oxygen atoms in total. The first-order chi connectivity index (χ1) is 13.2. The lowest BCUT2D eigenvalue weighted by Crippen LogP contribution is -2.25. The van der Waals surface area contributed by atoms with Gasteiger partial charge in [0.05, 0.1) is 23.6 Å². The molecule has 1 N–H and O–H groups in total. The fraction of sp³-hybridized carbons (Fsp3) is 0.304. The molecule has 0 radical (unpaired) electrons. The Labute approximate surface area is 160 Å². The van der Waals surface area contributed by atoms with E-state index in [0.29, 0.717) is 13.0 Å². The van der Waals surface area contributed by atoms with Crippen LogP contribution in [-0.4, -0.2) is 15.5 Å². The van der Waals surface area contributed by atoms with Crippen LogP contribution in [0.3, 0.4) is 0 Å². The quantitative estimate of drug-likeness (QED) is 0.736. The second-order valence-corrected chi connectivity index (χ2v) is 7.18. The Bertz CT molecular complexity index is 970. The molecule has 0 bridgehead atoms. The lowest BCUT2D eigenvalue weighted by Gasteiger charge is -2.21. The summed E-state index contributed by atoms with van der Waals surface area (Å²) in [5, 5.41) is 3.09. The molecule has 1 aliphatic rings. The molecular formula is C23H25N3O. The highest BCUT2D eigenvalue weighted by Gasteiger charge is 2.24. The van der Waals surface area contributed by atoms with Crippen molar-refractivity contribution in [2.24, 2.45) is 0 Å². The van der Waals surface area contributed by atoms with E-state index in [1.807, 2.05) is 6.92 Å². The molecule has 0 unspecified atom stereocenters. The Hall–Kier alpha value is -2.88. The summed E-state index contributed by atoms with van der Waals surface area (Å²) in [4.78, 5) is 17.1. The minimum atomic E-state index is 0.0898. The van der Waals surface area contributed by atoms with E-state index in [0.717, 1.165) is 42.0 Å². The zero-order valence-electron chi connectivity index (χ0n) is 16.0. The second kappa shape index (κ2) is 7.39. The van der Waals surface area contributed by atoms with Crippen molar-refractivity contribution in [1.29, 1.82) is 0 Å². The van der Waals surface area contributed by atoms with E-state index in [2.05, 4.69) is 65.3 Å². The molecule has 0 saturated carbocycles. The highest BCUT2D eigenvalue weighted by molar-refractivity contribution is 5.76. The van der Waals surface area contributed by atoms with Crippen LogP contribution in [0, 0.1) is 6.92 Å². The number of hydrogen-bond acceptors (Lipinski definition) is 2. The van der Waals surface area contributed by atoms with Gasteiger partial charge in [-0.2, -0.15) is 0 Å². The standard InChI is InChI=1S/C23H25N3O/c1-3-6-22(27)24-15-20-23(18-11-9-16(2)10-12-18)25-21-14-13-17-7-4-5-8-19(17)26(20)21/h4-5,7-12H,3,6,13-15H2,1-2H3,(H,24,27). The van der Waals surface area contributed by atoms with Gasteiger partial charge in [-0.25, -0.2) is 4.98 Å². The van der Waals surface area contributed by atoms with Crippen LogP contribution in [0.2, 0.25) is 0 Å². The third kappa shape index (κ3) is 3.39. The van der Waals surface area contributed by atoms with Crippen LogP contribution < -0.4 is 5.32 Å². The van der Waals surface area contributed by atoms with Crippen molar-refractivity contribution >= 4 is 5.91 Å². The van der Waals surface area contributed by atoms with Crippen molar-refractivity contribution in [3.63, 3.8) is 0 Å². The van der Waals surface area contributed by atoms with Gasteiger partial charge in [-0.05, 0) is 31.4 Å². The van der Waals surface area contributed by atoms with Gasteiger partial charge in [-0.15, -0.1) is 0 Å². The molecule has 0 atom stereocenters. The Morgan fingerprint density at radius 2 is 1.89 bits per heavy atom. The van der Waals surface area contributed by atoms with Crippen LogP contribution in [-0.2, 0) is 24.2 Å². The number of carbonyl (C=O) groups excluding carboxylic acids is 1. The fourth-order valence-electron chi connectivity index (χ4n) is 3.75. The van der Waals surface area contributed by atoms with E-state index in [1.54, 1.807) is 0 Å². The summed E-state index contributed by atoms with van der Waals surface area (Å²) in [5.41, 5.74) is 6.87. The van der Waals surface area contributed by atoms with E-state index in [-0.39, 0.29) is 5.91 Å². The van der Waals surface area contributed by atoms with E-state index >= 15 is 0 Å². The second-order valence-electron chi connectivity index (χ2n) is 7.18. The number of hydrogen-bond donors (Lipinski definition) is 1. The van der Waals surface area contributed by atoms with Crippen LogP contribution in [0.4, 0.5) is 0 Å². The molecule has 0 spiro atoms. The van der Waals surface area contributed by atoms with Gasteiger partial charge in [-0.1, -0.05) is 55.0 Å². The number of imidazole rings is 1. The molecule has 0 aliphatic carbocycles. The predicted molar refractivity (Wildman–Crippen MR) is 108 cm³/mol. The first-order valence-corrected chi connectivity index (χ1v) is 9.70. The van der Waals surface area contributed by atoms with Gasteiger partial charge in [0.15, 0.2) is 0 Å². The molecule has 2 heterocycles. The average Bonchev–Trinajstić information content (AvgIpc) is 3.06. The van der Waals surface area contributed by atoms with Gasteiger partial charge < -0.3 is 5.32 Å². The van der Waals surface area contributed by atoms with Crippen LogP contribution >= 0.6 is 0 Å². The molecule has 0 fully saturated rings. The first kappa shape index (κ1) is 17.5. The average molecular weight is 359 g/mol. The summed E-state index contributed by atoms with van der Waals surface area (Å²) in [6, 6.07) is 16.9. The number of fused-ring (bicyclic) bond motifs is 3. The van der Waals surface area contributed by atoms with Gasteiger partial charge >= 0.3 is 0 Å². The van der Waals surface area contributed by atoms with Gasteiger partial charge in [0.25, 0.3) is 0 Å². The number of carbonyl (C=O) groups is 1. The van der Waals surface area contributed by atoms with E-state index < -0.39 is 0 Å². The SMILES string of the molecule is CCCC(=O)NCc1c(-c2ccc(C)cc2)nc2n1-c1ccccc1CC2. The summed E-state index contributed by atoms with van der Waals surface area (Å²) in [6.07, 6.45) is 3.32. The van der Waals surface area contributed by atoms with E-state index in [9.17, 15) is 4.79 Å². The molecule has 2 aromatic carbocycles. The number of aryl methyl sites for hydroxylation is 3. The summed E-state index contributed by atoms with van der Waals surface area (Å²) in [6.45, 7) is 4.60. The minimum absolute atomic E-state index is 0.0898. The van der Waals surface area contributed by atoms with Crippen molar-refractivity contribution < 1.29 is 4.79 Å². The summed E-state index contributed by atoms with van der Waals surface area (Å²) < 4.78 is 2.25. The summed E-state index contributed by atoms with van der Waals surface area (Å²) in [7, 11) is 0. The number of rotatable bonds is 5. The Morgan fingerprint density at radius 1 is 1.11 bits per heavy atom. The third-order valence-corrected chi connectivity index (χ3v) is 5.15. The lowest BCUT2D eigenvalue weighted by molar-refractivity contribution is -0.121.